The summed E-state index contributed by atoms with van der Waals surface area (Å²) in [6.07, 6.45) is 0.886. The number of carbonyl (C=O) groups is 1. The van der Waals surface area contributed by atoms with E-state index in [-0.39, 0.29) is 18.1 Å². The fourth-order valence-corrected chi connectivity index (χ4v) is 1.59. The van der Waals surface area contributed by atoms with Gasteiger partial charge in [-0.25, -0.2) is 0 Å². The van der Waals surface area contributed by atoms with Gasteiger partial charge in [-0.2, -0.15) is 0 Å². The monoisotopic (exact) mass is 186 g/mol. The Morgan fingerprint density at radius 1 is 1.77 bits per heavy atom. The molecule has 0 aromatic heterocycles. The maximum Gasteiger partial charge on any atom is 0.239 e. The molecule has 1 aliphatic heterocycles. The van der Waals surface area contributed by atoms with Gasteiger partial charge >= 0.3 is 0 Å². The van der Waals surface area contributed by atoms with Crippen LogP contribution < -0.4 is 5.73 Å². The van der Waals surface area contributed by atoms with Crippen LogP contribution in [0.1, 0.15) is 20.3 Å². The maximum absolute atomic E-state index is 11.4. The van der Waals surface area contributed by atoms with Crippen molar-refractivity contribution >= 4 is 5.91 Å². The lowest BCUT2D eigenvalue weighted by Crippen LogP contribution is -2.38. The third-order valence-electron chi connectivity index (χ3n) is 2.27. The van der Waals surface area contributed by atoms with Crippen LogP contribution in [0.15, 0.2) is 0 Å². The third kappa shape index (κ3) is 2.67. The molecule has 0 spiro atoms. The summed E-state index contributed by atoms with van der Waals surface area (Å²) in [6, 6.07) is -0.283. The third-order valence-corrected chi connectivity index (χ3v) is 2.27. The number of likely N-dealkylation sites (tertiary alicyclic amines) is 1. The van der Waals surface area contributed by atoms with Crippen molar-refractivity contribution in [3.8, 4) is 0 Å². The average Bonchev–Trinajstić information content (AvgIpc) is 2.37. The topological polar surface area (TPSA) is 55.6 Å². The van der Waals surface area contributed by atoms with Gasteiger partial charge < -0.3 is 15.4 Å². The number of amides is 1. The van der Waals surface area contributed by atoms with E-state index in [2.05, 4.69) is 0 Å². The first-order chi connectivity index (χ1) is 6.15. The van der Waals surface area contributed by atoms with Gasteiger partial charge in [0.05, 0.1) is 12.1 Å². The summed E-state index contributed by atoms with van der Waals surface area (Å²) in [5.41, 5.74) is 5.59. The van der Waals surface area contributed by atoms with Crippen LogP contribution >= 0.6 is 0 Å². The summed E-state index contributed by atoms with van der Waals surface area (Å²) in [5.74, 6) is 0.0616. The van der Waals surface area contributed by atoms with E-state index in [0.717, 1.165) is 13.0 Å². The first kappa shape index (κ1) is 10.5. The number of nitrogens with two attached hydrogens (primary N) is 1. The van der Waals surface area contributed by atoms with Crippen LogP contribution in [-0.4, -0.2) is 42.6 Å². The molecule has 0 aromatic rings. The van der Waals surface area contributed by atoms with Crippen LogP contribution in [-0.2, 0) is 9.53 Å². The second-order valence-electron chi connectivity index (χ2n) is 3.45. The van der Waals surface area contributed by atoms with E-state index in [1.54, 1.807) is 4.90 Å². The Hall–Kier alpha value is -0.610. The fraction of sp³-hybridized carbons (Fsp3) is 0.889. The molecule has 0 radical (unpaired) electrons. The smallest absolute Gasteiger partial charge is 0.239 e. The molecule has 1 heterocycles. The van der Waals surface area contributed by atoms with Gasteiger partial charge in [0.25, 0.3) is 0 Å². The molecule has 13 heavy (non-hydrogen) atoms. The van der Waals surface area contributed by atoms with Crippen molar-refractivity contribution < 1.29 is 9.53 Å². The van der Waals surface area contributed by atoms with Crippen molar-refractivity contribution in [3.63, 3.8) is 0 Å². The summed E-state index contributed by atoms with van der Waals surface area (Å²) < 4.78 is 5.35. The molecule has 1 rings (SSSR count). The highest BCUT2D eigenvalue weighted by Crippen LogP contribution is 2.10. The van der Waals surface area contributed by atoms with E-state index in [0.29, 0.717) is 13.2 Å². The second-order valence-corrected chi connectivity index (χ2v) is 3.45. The van der Waals surface area contributed by atoms with E-state index < -0.39 is 0 Å². The minimum absolute atomic E-state index is 0.0616. The van der Waals surface area contributed by atoms with E-state index in [4.69, 9.17) is 10.5 Å². The fourth-order valence-electron chi connectivity index (χ4n) is 1.59. The molecule has 0 bridgehead atoms. The van der Waals surface area contributed by atoms with Crippen LogP contribution in [0.4, 0.5) is 0 Å². The standard InChI is InChI=1S/C9H18N2O2/c1-3-13-7(2)6-11-5-4-8(10)9(11)12/h7-8H,3-6,10H2,1-2H3. The summed E-state index contributed by atoms with van der Waals surface area (Å²) in [7, 11) is 0. The highest BCUT2D eigenvalue weighted by atomic mass is 16.5. The van der Waals surface area contributed by atoms with Gasteiger partial charge in [-0.1, -0.05) is 0 Å². The number of ether oxygens (including phenoxy) is 1. The molecule has 4 heteroatoms. The lowest BCUT2D eigenvalue weighted by Gasteiger charge is -2.20. The number of carbonyl (C=O) groups excluding carboxylic acids is 1. The van der Waals surface area contributed by atoms with Gasteiger partial charge in [0, 0.05) is 19.7 Å². The van der Waals surface area contributed by atoms with Crippen molar-refractivity contribution in [3.05, 3.63) is 0 Å². The molecule has 76 valence electrons. The molecule has 2 unspecified atom stereocenters. The zero-order valence-corrected chi connectivity index (χ0v) is 8.32. The number of nitrogens with zero attached hydrogens (tertiary/aromatic N) is 1. The highest BCUT2D eigenvalue weighted by molar-refractivity contribution is 5.83. The summed E-state index contributed by atoms with van der Waals surface area (Å²) in [5, 5.41) is 0. The summed E-state index contributed by atoms with van der Waals surface area (Å²) in [6.45, 7) is 6.06. The predicted octanol–water partition coefficient (Wildman–Crippen LogP) is -0.0290. The predicted molar refractivity (Wildman–Crippen MR) is 50.3 cm³/mol. The van der Waals surface area contributed by atoms with Crippen molar-refractivity contribution in [1.82, 2.24) is 4.90 Å². The van der Waals surface area contributed by atoms with Gasteiger partial charge in [-0.05, 0) is 20.3 Å². The second kappa shape index (κ2) is 4.58. The number of hydrogen-bond acceptors (Lipinski definition) is 3. The molecule has 1 saturated heterocycles. The molecule has 2 atom stereocenters. The van der Waals surface area contributed by atoms with Crippen LogP contribution in [0.3, 0.4) is 0 Å². The Bertz CT molecular complexity index is 184. The minimum atomic E-state index is -0.283. The molecule has 1 amide bonds. The lowest BCUT2D eigenvalue weighted by atomic mass is 10.3. The number of rotatable bonds is 4. The molecule has 2 N–H and O–H groups in total. The Morgan fingerprint density at radius 3 is 2.92 bits per heavy atom. The van der Waals surface area contributed by atoms with E-state index in [1.165, 1.54) is 0 Å². The van der Waals surface area contributed by atoms with Crippen LogP contribution in [0.25, 0.3) is 0 Å². The highest BCUT2D eigenvalue weighted by Gasteiger charge is 2.29. The van der Waals surface area contributed by atoms with Crippen LogP contribution in [0.2, 0.25) is 0 Å². The van der Waals surface area contributed by atoms with Gasteiger partial charge in [-0.15, -0.1) is 0 Å². The van der Waals surface area contributed by atoms with Gasteiger partial charge in [-0.3, -0.25) is 4.79 Å². The zero-order chi connectivity index (χ0) is 9.84. The van der Waals surface area contributed by atoms with Gasteiger partial charge in [0.1, 0.15) is 0 Å². The van der Waals surface area contributed by atoms with Crippen molar-refractivity contribution in [2.75, 3.05) is 19.7 Å². The van der Waals surface area contributed by atoms with E-state index in [1.807, 2.05) is 13.8 Å². The van der Waals surface area contributed by atoms with Crippen molar-refractivity contribution in [2.24, 2.45) is 5.73 Å². The molecule has 1 aliphatic rings. The first-order valence-corrected chi connectivity index (χ1v) is 4.81. The molecular formula is C9H18N2O2. The molecule has 0 aliphatic carbocycles. The summed E-state index contributed by atoms with van der Waals surface area (Å²) in [4.78, 5) is 13.2. The summed E-state index contributed by atoms with van der Waals surface area (Å²) >= 11 is 0. The quantitative estimate of drug-likeness (QED) is 0.671. The Balaban J connectivity index is 2.33. The normalized spacial score (nSPS) is 25.3. The van der Waals surface area contributed by atoms with Crippen LogP contribution in [0, 0.1) is 0 Å². The van der Waals surface area contributed by atoms with E-state index in [9.17, 15) is 4.79 Å². The lowest BCUT2D eigenvalue weighted by molar-refractivity contribution is -0.130. The number of hydrogen-bond donors (Lipinski definition) is 1. The van der Waals surface area contributed by atoms with Crippen molar-refractivity contribution in [1.29, 1.82) is 0 Å². The molecule has 0 saturated carbocycles. The molecular weight excluding hydrogens is 168 g/mol. The van der Waals surface area contributed by atoms with Gasteiger partial charge in [0.15, 0.2) is 0 Å². The maximum atomic E-state index is 11.4. The zero-order valence-electron chi connectivity index (χ0n) is 8.32. The van der Waals surface area contributed by atoms with Crippen molar-refractivity contribution in [2.45, 2.75) is 32.4 Å². The molecule has 0 aromatic carbocycles. The van der Waals surface area contributed by atoms with E-state index >= 15 is 0 Å². The minimum Gasteiger partial charge on any atom is -0.377 e. The Labute approximate surface area is 79.0 Å². The van der Waals surface area contributed by atoms with Gasteiger partial charge in [0.2, 0.25) is 5.91 Å². The van der Waals surface area contributed by atoms with Crippen LogP contribution in [0.5, 0.6) is 0 Å². The Morgan fingerprint density at radius 2 is 2.46 bits per heavy atom. The molecule has 1 fully saturated rings. The average molecular weight is 186 g/mol. The SMILES string of the molecule is CCOC(C)CN1CCC(N)C1=O. The molecule has 4 nitrogen and oxygen atoms in total. The Kier molecular flexibility index (Phi) is 3.69. The first-order valence-electron chi connectivity index (χ1n) is 4.81. The largest absolute Gasteiger partial charge is 0.377 e.